The van der Waals surface area contributed by atoms with Crippen molar-refractivity contribution in [2.75, 3.05) is 0 Å². The van der Waals surface area contributed by atoms with Crippen molar-refractivity contribution in [2.24, 2.45) is 0 Å². The first-order valence-electron chi connectivity index (χ1n) is 10.8. The SMILES string of the molecule is CC=CC(C)=CCCC(C)=CCCC(C)=CCCC(C)=CCCc1ccsc1. The lowest BCUT2D eigenvalue weighted by Crippen LogP contribution is -1.83. The van der Waals surface area contributed by atoms with Gasteiger partial charge in [0.05, 0.1) is 0 Å². The predicted molar refractivity (Wildman–Crippen MR) is 130 cm³/mol. The lowest BCUT2D eigenvalue weighted by atomic mass is 10.0. The highest BCUT2D eigenvalue weighted by Gasteiger charge is 1.95. The second kappa shape index (κ2) is 15.3. The maximum absolute atomic E-state index is 2.43. The molecule has 0 saturated carbocycles. The van der Waals surface area contributed by atoms with Crippen molar-refractivity contribution >= 4 is 11.3 Å². The Hall–Kier alpha value is -1.60. The fourth-order valence-corrected chi connectivity index (χ4v) is 3.88. The summed E-state index contributed by atoms with van der Waals surface area (Å²) in [7, 11) is 0. The van der Waals surface area contributed by atoms with Gasteiger partial charge in [-0.3, -0.25) is 0 Å². The van der Waals surface area contributed by atoms with Crippen LogP contribution in [0.3, 0.4) is 0 Å². The molecule has 1 aromatic heterocycles. The smallest absolute Gasteiger partial charge is 0.00611 e. The maximum Gasteiger partial charge on any atom is -0.00611 e. The minimum atomic E-state index is 1.14. The molecule has 154 valence electrons. The van der Waals surface area contributed by atoms with Gasteiger partial charge < -0.3 is 0 Å². The number of thiophene rings is 1. The molecule has 1 aromatic rings. The minimum Gasteiger partial charge on any atom is -0.152 e. The first-order chi connectivity index (χ1) is 13.5. The van der Waals surface area contributed by atoms with E-state index in [4.69, 9.17) is 0 Å². The Balaban J connectivity index is 2.20. The molecule has 0 saturated heterocycles. The largest absolute Gasteiger partial charge is 0.152 e. The van der Waals surface area contributed by atoms with Crippen LogP contribution < -0.4 is 0 Å². The lowest BCUT2D eigenvalue weighted by molar-refractivity contribution is 0.894. The summed E-state index contributed by atoms with van der Waals surface area (Å²) >= 11 is 1.79. The predicted octanol–water partition coefficient (Wildman–Crippen LogP) is 9.38. The Morgan fingerprint density at radius 2 is 1.32 bits per heavy atom. The van der Waals surface area contributed by atoms with Crippen LogP contribution in [0, 0.1) is 0 Å². The molecular formula is C27H40S. The summed E-state index contributed by atoms with van der Waals surface area (Å²) in [5.74, 6) is 0. The van der Waals surface area contributed by atoms with Gasteiger partial charge >= 0.3 is 0 Å². The highest BCUT2D eigenvalue weighted by molar-refractivity contribution is 7.07. The van der Waals surface area contributed by atoms with Crippen molar-refractivity contribution in [1.82, 2.24) is 0 Å². The van der Waals surface area contributed by atoms with Crippen molar-refractivity contribution < 1.29 is 0 Å². The summed E-state index contributed by atoms with van der Waals surface area (Å²) in [6, 6.07) is 2.23. The van der Waals surface area contributed by atoms with E-state index >= 15 is 0 Å². The molecule has 0 unspecified atom stereocenters. The number of hydrogen-bond acceptors (Lipinski definition) is 1. The summed E-state index contributed by atoms with van der Waals surface area (Å²) in [6.45, 7) is 11.1. The third-order valence-electron chi connectivity index (χ3n) is 5.00. The molecule has 28 heavy (non-hydrogen) atoms. The van der Waals surface area contributed by atoms with E-state index in [9.17, 15) is 0 Å². The van der Waals surface area contributed by atoms with E-state index in [0.29, 0.717) is 0 Å². The normalized spacial score (nSPS) is 14.3. The van der Waals surface area contributed by atoms with Gasteiger partial charge in [0.2, 0.25) is 0 Å². The zero-order valence-corrected chi connectivity index (χ0v) is 19.6. The van der Waals surface area contributed by atoms with Gasteiger partial charge in [0.15, 0.2) is 0 Å². The number of allylic oxidation sites excluding steroid dienone is 10. The Bertz CT molecular complexity index is 678. The van der Waals surface area contributed by atoms with Crippen molar-refractivity contribution in [2.45, 2.75) is 86.0 Å². The molecule has 0 radical (unpaired) electrons. The molecule has 1 heteroatoms. The summed E-state index contributed by atoms with van der Waals surface area (Å²) in [6.07, 6.45) is 23.3. The zero-order valence-electron chi connectivity index (χ0n) is 18.8. The molecule has 0 bridgehead atoms. The molecule has 0 aliphatic heterocycles. The molecule has 0 fully saturated rings. The average Bonchev–Trinajstić information content (AvgIpc) is 3.15. The Labute approximate surface area is 178 Å². The number of rotatable bonds is 13. The molecule has 0 aliphatic rings. The Morgan fingerprint density at radius 1 is 0.786 bits per heavy atom. The van der Waals surface area contributed by atoms with E-state index in [2.05, 4.69) is 87.9 Å². The first-order valence-corrected chi connectivity index (χ1v) is 11.7. The van der Waals surface area contributed by atoms with Crippen LogP contribution in [0.1, 0.15) is 85.1 Å². The van der Waals surface area contributed by atoms with Crippen LogP contribution in [0.5, 0.6) is 0 Å². The molecule has 1 rings (SSSR count). The highest BCUT2D eigenvalue weighted by atomic mass is 32.1. The fourth-order valence-electron chi connectivity index (χ4n) is 3.18. The summed E-state index contributed by atoms with van der Waals surface area (Å²) in [5.41, 5.74) is 7.40. The summed E-state index contributed by atoms with van der Waals surface area (Å²) in [4.78, 5) is 0. The van der Waals surface area contributed by atoms with Gasteiger partial charge in [0.1, 0.15) is 0 Å². The Kier molecular flexibility index (Phi) is 13.4. The van der Waals surface area contributed by atoms with Gasteiger partial charge in [0.25, 0.3) is 0 Å². The van der Waals surface area contributed by atoms with Crippen molar-refractivity contribution in [3.63, 3.8) is 0 Å². The molecule has 1 heterocycles. The molecular weight excluding hydrogens is 356 g/mol. The lowest BCUT2D eigenvalue weighted by Gasteiger charge is -2.03. The molecule has 0 N–H and O–H groups in total. The zero-order chi connectivity index (χ0) is 20.6. The maximum atomic E-state index is 2.43. The van der Waals surface area contributed by atoms with Gasteiger partial charge in [-0.05, 0) is 108 Å². The molecule has 0 atom stereocenters. The summed E-state index contributed by atoms with van der Waals surface area (Å²) < 4.78 is 0. The molecule has 0 amide bonds. The number of hydrogen-bond donors (Lipinski definition) is 0. The van der Waals surface area contributed by atoms with E-state index in [1.54, 1.807) is 11.3 Å². The topological polar surface area (TPSA) is 0 Å². The first kappa shape index (κ1) is 24.4. The molecule has 0 aliphatic carbocycles. The van der Waals surface area contributed by atoms with Crippen LogP contribution in [0.2, 0.25) is 0 Å². The number of aryl methyl sites for hydroxylation is 1. The highest BCUT2D eigenvalue weighted by Crippen LogP contribution is 2.15. The fraction of sp³-hybridized carbons (Fsp3) is 0.481. The van der Waals surface area contributed by atoms with Gasteiger partial charge in [-0.2, -0.15) is 11.3 Å². The van der Waals surface area contributed by atoms with Gasteiger partial charge in [-0.15, -0.1) is 0 Å². The average molecular weight is 397 g/mol. The van der Waals surface area contributed by atoms with Crippen LogP contribution in [0.4, 0.5) is 0 Å². The molecule has 0 spiro atoms. The van der Waals surface area contributed by atoms with Crippen LogP contribution in [0.25, 0.3) is 0 Å². The quantitative estimate of drug-likeness (QED) is 0.230. The Morgan fingerprint density at radius 3 is 1.82 bits per heavy atom. The summed E-state index contributed by atoms with van der Waals surface area (Å²) in [5, 5.41) is 4.42. The second-order valence-corrected chi connectivity index (χ2v) is 8.67. The van der Waals surface area contributed by atoms with Gasteiger partial charge in [0, 0.05) is 0 Å². The third-order valence-corrected chi connectivity index (χ3v) is 5.74. The van der Waals surface area contributed by atoms with Crippen LogP contribution >= 0.6 is 11.3 Å². The van der Waals surface area contributed by atoms with Crippen LogP contribution in [-0.4, -0.2) is 0 Å². The third kappa shape index (κ3) is 12.7. The van der Waals surface area contributed by atoms with E-state index in [1.165, 1.54) is 72.8 Å². The molecule has 0 nitrogen and oxygen atoms in total. The standard InChI is InChI=1S/C27H40S/c1-6-11-23(2)12-7-13-24(3)14-8-15-25(4)16-9-17-26(5)18-10-19-27-20-21-28-22-27/h6,11-12,14,16,18,20-22H,7-10,13,15,17,19H2,1-5H3. The second-order valence-electron chi connectivity index (χ2n) is 7.89. The van der Waals surface area contributed by atoms with Gasteiger partial charge in [-0.1, -0.05) is 58.7 Å². The monoisotopic (exact) mass is 396 g/mol. The molecule has 0 aromatic carbocycles. The van der Waals surface area contributed by atoms with Crippen LogP contribution in [-0.2, 0) is 6.42 Å². The van der Waals surface area contributed by atoms with E-state index in [1.807, 2.05) is 0 Å². The van der Waals surface area contributed by atoms with E-state index in [-0.39, 0.29) is 0 Å². The van der Waals surface area contributed by atoms with Crippen molar-refractivity contribution in [1.29, 1.82) is 0 Å². The van der Waals surface area contributed by atoms with E-state index in [0.717, 1.165) is 6.42 Å². The van der Waals surface area contributed by atoms with Crippen LogP contribution in [0.15, 0.2) is 75.6 Å². The van der Waals surface area contributed by atoms with E-state index < -0.39 is 0 Å². The van der Waals surface area contributed by atoms with Gasteiger partial charge in [-0.25, -0.2) is 0 Å². The van der Waals surface area contributed by atoms with Crippen molar-refractivity contribution in [3.05, 3.63) is 81.1 Å². The van der Waals surface area contributed by atoms with Crippen molar-refractivity contribution in [3.8, 4) is 0 Å². The minimum absolute atomic E-state index is 1.14.